The van der Waals surface area contributed by atoms with Gasteiger partial charge in [-0.1, -0.05) is 84.9 Å². The SMILES string of the molecule is c1ccc(-c2ccc(N(c3ccccc3)c3ccnc4oc5cc6ccccc6cc5c34)cc2)cc1. The van der Waals surface area contributed by atoms with Crippen LogP contribution in [-0.2, 0) is 0 Å². The quantitative estimate of drug-likeness (QED) is 0.261. The zero-order valence-corrected chi connectivity index (χ0v) is 19.5. The number of furan rings is 1. The van der Waals surface area contributed by atoms with E-state index in [0.29, 0.717) is 5.71 Å². The number of hydrogen-bond acceptors (Lipinski definition) is 3. The number of benzene rings is 5. The molecule has 0 saturated carbocycles. The summed E-state index contributed by atoms with van der Waals surface area (Å²) >= 11 is 0. The first-order valence-electron chi connectivity index (χ1n) is 12.1. The van der Waals surface area contributed by atoms with Crippen LogP contribution in [0.4, 0.5) is 17.1 Å². The van der Waals surface area contributed by atoms with Crippen molar-refractivity contribution < 1.29 is 4.42 Å². The highest BCUT2D eigenvalue weighted by Crippen LogP contribution is 2.43. The standard InChI is InChI=1S/C33H22N2O/c1-3-9-23(10-4-1)24-15-17-28(18-16-24)35(27-13-5-2-6-14-27)30-19-20-34-33-32(30)29-21-25-11-7-8-12-26(25)22-31(29)36-33/h1-22H. The third kappa shape index (κ3) is 3.41. The summed E-state index contributed by atoms with van der Waals surface area (Å²) in [7, 11) is 0. The summed E-state index contributed by atoms with van der Waals surface area (Å²) in [6, 6.07) is 44.4. The molecule has 0 spiro atoms. The highest BCUT2D eigenvalue weighted by molar-refractivity contribution is 6.15. The Balaban J connectivity index is 1.46. The molecule has 0 N–H and O–H groups in total. The van der Waals surface area contributed by atoms with Crippen LogP contribution in [0.25, 0.3) is 44.0 Å². The molecule has 0 amide bonds. The van der Waals surface area contributed by atoms with Crippen LogP contribution in [0.5, 0.6) is 0 Å². The Morgan fingerprint density at radius 1 is 0.556 bits per heavy atom. The molecule has 0 aliphatic heterocycles. The highest BCUT2D eigenvalue weighted by Gasteiger charge is 2.20. The zero-order chi connectivity index (χ0) is 23.9. The maximum Gasteiger partial charge on any atom is 0.229 e. The van der Waals surface area contributed by atoms with Gasteiger partial charge in [0.15, 0.2) is 0 Å². The molecule has 7 aromatic rings. The number of anilines is 3. The molecule has 5 aromatic carbocycles. The molecule has 2 aromatic heterocycles. The van der Waals surface area contributed by atoms with Gasteiger partial charge in [0.1, 0.15) is 5.58 Å². The van der Waals surface area contributed by atoms with Crippen LogP contribution in [0, 0.1) is 0 Å². The Morgan fingerprint density at radius 3 is 1.92 bits per heavy atom. The third-order valence-electron chi connectivity index (χ3n) is 6.71. The van der Waals surface area contributed by atoms with Crippen molar-refractivity contribution in [3.05, 3.63) is 134 Å². The first-order valence-corrected chi connectivity index (χ1v) is 12.1. The topological polar surface area (TPSA) is 29.3 Å². The van der Waals surface area contributed by atoms with Crippen LogP contribution in [0.1, 0.15) is 0 Å². The molecule has 0 unspecified atom stereocenters. The number of para-hydroxylation sites is 1. The normalized spacial score (nSPS) is 11.3. The van der Waals surface area contributed by atoms with Crippen molar-refractivity contribution >= 4 is 49.9 Å². The number of nitrogens with zero attached hydrogens (tertiary/aromatic N) is 2. The Kier molecular flexibility index (Phi) is 4.78. The fraction of sp³-hybridized carbons (Fsp3) is 0. The molecule has 0 fully saturated rings. The van der Waals surface area contributed by atoms with E-state index in [4.69, 9.17) is 4.42 Å². The lowest BCUT2D eigenvalue weighted by atomic mass is 10.0. The van der Waals surface area contributed by atoms with Gasteiger partial charge in [-0.3, -0.25) is 0 Å². The summed E-state index contributed by atoms with van der Waals surface area (Å²) in [5, 5.41) is 4.41. The van der Waals surface area contributed by atoms with Crippen molar-refractivity contribution in [2.45, 2.75) is 0 Å². The summed E-state index contributed by atoms with van der Waals surface area (Å²) in [4.78, 5) is 6.88. The second-order valence-corrected chi connectivity index (χ2v) is 8.89. The fourth-order valence-electron chi connectivity index (χ4n) is 4.99. The van der Waals surface area contributed by atoms with Crippen LogP contribution in [0.2, 0.25) is 0 Å². The van der Waals surface area contributed by atoms with Crippen molar-refractivity contribution in [2.24, 2.45) is 0 Å². The molecule has 3 nitrogen and oxygen atoms in total. The van der Waals surface area contributed by atoms with Gasteiger partial charge in [0.2, 0.25) is 5.71 Å². The van der Waals surface area contributed by atoms with E-state index in [1.54, 1.807) is 0 Å². The summed E-state index contributed by atoms with van der Waals surface area (Å²) < 4.78 is 6.26. The third-order valence-corrected chi connectivity index (χ3v) is 6.71. The minimum absolute atomic E-state index is 0.639. The van der Waals surface area contributed by atoms with E-state index in [1.165, 1.54) is 16.5 Å². The second kappa shape index (κ2) is 8.40. The second-order valence-electron chi connectivity index (χ2n) is 8.89. The Hall–Kier alpha value is -4.89. The maximum absolute atomic E-state index is 6.26. The molecule has 0 bridgehead atoms. The number of pyridine rings is 1. The Bertz CT molecular complexity index is 1820. The smallest absolute Gasteiger partial charge is 0.229 e. The molecule has 0 atom stereocenters. The molecule has 36 heavy (non-hydrogen) atoms. The van der Waals surface area contributed by atoms with E-state index in [9.17, 15) is 0 Å². The van der Waals surface area contributed by atoms with Crippen molar-refractivity contribution in [3.8, 4) is 11.1 Å². The lowest BCUT2D eigenvalue weighted by molar-refractivity contribution is 0.654. The molecule has 3 heteroatoms. The molecule has 170 valence electrons. The van der Waals surface area contributed by atoms with E-state index in [-0.39, 0.29) is 0 Å². The van der Waals surface area contributed by atoms with Crippen molar-refractivity contribution in [2.75, 3.05) is 4.90 Å². The van der Waals surface area contributed by atoms with E-state index in [2.05, 4.69) is 125 Å². The number of hydrogen-bond donors (Lipinski definition) is 0. The van der Waals surface area contributed by atoms with Crippen molar-refractivity contribution in [1.29, 1.82) is 0 Å². The van der Waals surface area contributed by atoms with Crippen LogP contribution < -0.4 is 4.90 Å². The lowest BCUT2D eigenvalue weighted by Gasteiger charge is -2.26. The average molecular weight is 463 g/mol. The zero-order valence-electron chi connectivity index (χ0n) is 19.5. The van der Waals surface area contributed by atoms with Crippen molar-refractivity contribution in [1.82, 2.24) is 4.98 Å². The molecular weight excluding hydrogens is 440 g/mol. The van der Waals surface area contributed by atoms with E-state index < -0.39 is 0 Å². The van der Waals surface area contributed by atoms with Gasteiger partial charge in [0, 0.05) is 23.0 Å². The maximum atomic E-state index is 6.26. The minimum atomic E-state index is 0.639. The van der Waals surface area contributed by atoms with Gasteiger partial charge in [-0.05, 0) is 64.4 Å². The summed E-state index contributed by atoms with van der Waals surface area (Å²) in [5.74, 6) is 0. The van der Waals surface area contributed by atoms with Gasteiger partial charge < -0.3 is 9.32 Å². The molecule has 7 rings (SSSR count). The first kappa shape index (κ1) is 20.5. The summed E-state index contributed by atoms with van der Waals surface area (Å²) in [6.45, 7) is 0. The Labute approximate surface area is 208 Å². The fourth-order valence-corrected chi connectivity index (χ4v) is 4.99. The number of fused-ring (bicyclic) bond motifs is 4. The van der Waals surface area contributed by atoms with E-state index in [0.717, 1.165) is 38.8 Å². The van der Waals surface area contributed by atoms with Crippen LogP contribution in [0.3, 0.4) is 0 Å². The van der Waals surface area contributed by atoms with Gasteiger partial charge in [-0.15, -0.1) is 0 Å². The average Bonchev–Trinajstić information content (AvgIpc) is 3.31. The van der Waals surface area contributed by atoms with E-state index >= 15 is 0 Å². The van der Waals surface area contributed by atoms with Crippen molar-refractivity contribution in [3.63, 3.8) is 0 Å². The first-order chi connectivity index (χ1) is 17.8. The minimum Gasteiger partial charge on any atom is -0.438 e. The van der Waals surface area contributed by atoms with Gasteiger partial charge in [-0.2, -0.15) is 0 Å². The number of aromatic nitrogens is 1. The lowest BCUT2D eigenvalue weighted by Crippen LogP contribution is -2.10. The monoisotopic (exact) mass is 462 g/mol. The van der Waals surface area contributed by atoms with E-state index in [1.807, 2.05) is 18.3 Å². The predicted molar refractivity (Wildman–Crippen MR) is 149 cm³/mol. The summed E-state index contributed by atoms with van der Waals surface area (Å²) in [6.07, 6.45) is 1.83. The molecule has 0 aliphatic rings. The molecule has 0 radical (unpaired) electrons. The predicted octanol–water partition coefficient (Wildman–Crippen LogP) is 9.27. The highest BCUT2D eigenvalue weighted by atomic mass is 16.3. The molecule has 0 saturated heterocycles. The summed E-state index contributed by atoms with van der Waals surface area (Å²) in [5.41, 5.74) is 7.06. The van der Waals surface area contributed by atoms with Crippen LogP contribution in [0.15, 0.2) is 138 Å². The van der Waals surface area contributed by atoms with Gasteiger partial charge in [-0.25, -0.2) is 4.98 Å². The van der Waals surface area contributed by atoms with Gasteiger partial charge in [0.05, 0.1) is 11.1 Å². The molecule has 0 aliphatic carbocycles. The Morgan fingerprint density at radius 2 is 1.17 bits per heavy atom. The van der Waals surface area contributed by atoms with Gasteiger partial charge in [0.25, 0.3) is 0 Å². The van der Waals surface area contributed by atoms with Crippen LogP contribution in [-0.4, -0.2) is 4.98 Å². The van der Waals surface area contributed by atoms with Crippen LogP contribution >= 0.6 is 0 Å². The number of rotatable bonds is 4. The molecular formula is C33H22N2O. The molecule has 2 heterocycles. The van der Waals surface area contributed by atoms with Gasteiger partial charge >= 0.3 is 0 Å². The largest absolute Gasteiger partial charge is 0.438 e.